The maximum Gasteiger partial charge on any atom is 0.124 e. The van der Waals surface area contributed by atoms with Crippen LogP contribution in [0.3, 0.4) is 0 Å². The molecule has 4 heteroatoms. The highest BCUT2D eigenvalue weighted by Crippen LogP contribution is 2.25. The predicted octanol–water partition coefficient (Wildman–Crippen LogP) is 2.09. The molecule has 0 amide bonds. The van der Waals surface area contributed by atoms with E-state index in [4.69, 9.17) is 22.6 Å². The number of aryl methyl sites for hydroxylation is 1. The molecule has 0 aliphatic rings. The Morgan fingerprint density at radius 3 is 2.95 bits per heavy atom. The molecule has 2 aromatic rings. The van der Waals surface area contributed by atoms with Crippen LogP contribution in [-0.2, 0) is 11.7 Å². The molecule has 1 aromatic heterocycles. The summed E-state index contributed by atoms with van der Waals surface area (Å²) >= 11 is 0. The molecule has 0 fully saturated rings. The highest BCUT2D eigenvalue weighted by Gasteiger charge is 2.17. The molecule has 1 aromatic carbocycles. The third kappa shape index (κ3) is 3.66. The van der Waals surface area contributed by atoms with Gasteiger partial charge in [-0.2, -0.15) is 5.10 Å². The molecule has 19 heavy (non-hydrogen) atoms. The number of ether oxygens (including phenoxy) is 1. The lowest BCUT2D eigenvalue weighted by atomic mass is 10.1. The van der Waals surface area contributed by atoms with E-state index in [0.717, 1.165) is 0 Å². The van der Waals surface area contributed by atoms with E-state index in [1.54, 1.807) is 0 Å². The van der Waals surface area contributed by atoms with Crippen molar-refractivity contribution in [1.29, 1.82) is 0 Å². The van der Waals surface area contributed by atoms with Crippen molar-refractivity contribution in [2.24, 2.45) is 6.98 Å². The van der Waals surface area contributed by atoms with E-state index in [9.17, 15) is 0 Å². The Hall–Kier alpha value is -1.65. The highest BCUT2D eigenvalue weighted by atomic mass is 16.5. The number of hydrogen-bond donors (Lipinski definition) is 0. The molecule has 0 saturated heterocycles. The SMILES string of the molecule is [2H]c1nn(C([2H])([2H])[2H])c(C([2H])(OC([2H])([2H])CN(C)C)c2c([2H])c([2H])c([2H])c([2H])c2[2H])c1[2H]. The number of aromatic nitrogens is 2. The van der Waals surface area contributed by atoms with Crippen LogP contribution in [0.25, 0.3) is 0 Å². The van der Waals surface area contributed by atoms with Crippen LogP contribution >= 0.6 is 0 Å². The van der Waals surface area contributed by atoms with Crippen molar-refractivity contribution in [1.82, 2.24) is 14.7 Å². The second-order valence-corrected chi connectivity index (χ2v) is 3.81. The van der Waals surface area contributed by atoms with Crippen molar-refractivity contribution in [3.63, 3.8) is 0 Å². The van der Waals surface area contributed by atoms with E-state index in [-0.39, 0.29) is 4.68 Å². The van der Waals surface area contributed by atoms with Crippen molar-refractivity contribution < 1.29 is 22.6 Å². The van der Waals surface area contributed by atoms with Crippen LogP contribution < -0.4 is 0 Å². The van der Waals surface area contributed by atoms with E-state index in [1.165, 1.54) is 19.0 Å². The molecule has 0 radical (unpaired) electrons. The van der Waals surface area contributed by atoms with Crippen LogP contribution in [-0.4, -0.2) is 41.9 Å². The van der Waals surface area contributed by atoms with Crippen molar-refractivity contribution in [3.8, 4) is 0 Å². The van der Waals surface area contributed by atoms with Crippen LogP contribution in [0.15, 0.2) is 42.4 Å². The quantitative estimate of drug-likeness (QED) is 0.806. The van der Waals surface area contributed by atoms with Crippen molar-refractivity contribution in [3.05, 3.63) is 53.7 Å². The Morgan fingerprint density at radius 1 is 1.47 bits per heavy atom. The number of likely N-dealkylation sites (N-methyl/N-ethyl adjacent to an activating group) is 1. The molecule has 4 nitrogen and oxygen atoms in total. The van der Waals surface area contributed by atoms with Gasteiger partial charge in [0.05, 0.1) is 26.0 Å². The summed E-state index contributed by atoms with van der Waals surface area (Å²) in [7, 11) is 2.98. The minimum Gasteiger partial charge on any atom is -0.366 e. The molecule has 1 atom stereocenters. The number of hydrogen-bond acceptors (Lipinski definition) is 3. The topological polar surface area (TPSA) is 30.3 Å². The van der Waals surface area contributed by atoms with Gasteiger partial charge in [0.15, 0.2) is 0 Å². The first-order chi connectivity index (χ1) is 14.3. The minimum absolute atomic E-state index is 0.136. The summed E-state index contributed by atoms with van der Waals surface area (Å²) in [5, 5.41) is 3.43. The van der Waals surface area contributed by atoms with E-state index < -0.39 is 79.8 Å². The lowest BCUT2D eigenvalue weighted by Crippen LogP contribution is -2.20. The molecule has 0 bridgehead atoms. The number of rotatable bonds is 6. The minimum atomic E-state index is -3.15. The second kappa shape index (κ2) is 6.50. The highest BCUT2D eigenvalue weighted by molar-refractivity contribution is 5.25. The fraction of sp³-hybridized carbons (Fsp3) is 0.400. The molecular formula is C15H21N3O. The Labute approximate surface area is 132 Å². The first-order valence-electron chi connectivity index (χ1n) is 11.8. The molecule has 1 unspecified atom stereocenters. The largest absolute Gasteiger partial charge is 0.366 e. The monoisotopic (exact) mass is 272 g/mol. The van der Waals surface area contributed by atoms with Gasteiger partial charge in [0.1, 0.15) is 6.08 Å². The zero-order valence-corrected chi connectivity index (χ0v) is 10.5. The van der Waals surface area contributed by atoms with Gasteiger partial charge in [0, 0.05) is 23.8 Å². The first kappa shape index (κ1) is 4.72. The lowest BCUT2D eigenvalue weighted by Gasteiger charge is -2.20. The van der Waals surface area contributed by atoms with E-state index in [1.807, 2.05) is 0 Å². The van der Waals surface area contributed by atoms with E-state index in [0.29, 0.717) is 0 Å². The fourth-order valence-corrected chi connectivity index (χ4v) is 1.20. The summed E-state index contributed by atoms with van der Waals surface area (Å²) in [6.45, 7) is -6.33. The lowest BCUT2D eigenvalue weighted by molar-refractivity contribution is 0.0638. The number of nitrogens with zero attached hydrogens (tertiary/aromatic N) is 3. The molecule has 102 valence electrons. The van der Waals surface area contributed by atoms with Crippen LogP contribution in [0.4, 0.5) is 0 Å². The Bertz CT molecular complexity index is 1000. The van der Waals surface area contributed by atoms with Crippen molar-refractivity contribution in [2.45, 2.75) is 6.08 Å². The normalized spacial score (nSPS) is 25.7. The van der Waals surface area contributed by atoms with Crippen LogP contribution in [0.2, 0.25) is 0 Å². The smallest absolute Gasteiger partial charge is 0.124 e. The Kier molecular flexibility index (Phi) is 1.61. The molecule has 0 saturated carbocycles. The van der Waals surface area contributed by atoms with Gasteiger partial charge in [-0.1, -0.05) is 30.2 Å². The second-order valence-electron chi connectivity index (χ2n) is 3.81. The standard InChI is InChI=1S/C15H21N3O/c1-17(2)11-12-19-15(13-7-5-4-6-8-13)14-9-10-16-18(14)3/h4-10,15H,11-12H2,1-3H3/i3D3,4D,5D,6D,7D,8D,9D,10D,12D2,15D. The van der Waals surface area contributed by atoms with Crippen molar-refractivity contribution in [2.75, 3.05) is 27.2 Å². The maximum absolute atomic E-state index is 8.96. The summed E-state index contributed by atoms with van der Waals surface area (Å²) in [5.41, 5.74) is -1.88. The van der Waals surface area contributed by atoms with Gasteiger partial charge < -0.3 is 9.64 Å². The average molecular weight is 272 g/mol. The Morgan fingerprint density at radius 2 is 2.26 bits per heavy atom. The van der Waals surface area contributed by atoms with Gasteiger partial charge in [0.25, 0.3) is 0 Å². The average Bonchev–Trinajstić information content (AvgIpc) is 2.92. The Balaban J connectivity index is 3.03. The van der Waals surface area contributed by atoms with Crippen LogP contribution in [0, 0.1) is 0 Å². The molecule has 0 aliphatic carbocycles. The van der Waals surface area contributed by atoms with Crippen LogP contribution in [0.5, 0.6) is 0 Å². The summed E-state index contributed by atoms with van der Waals surface area (Å²) in [5.74, 6) is 0. The summed E-state index contributed by atoms with van der Waals surface area (Å²) in [4.78, 5) is 1.35. The van der Waals surface area contributed by atoms with Gasteiger partial charge in [-0.25, -0.2) is 0 Å². The third-order valence-corrected chi connectivity index (χ3v) is 2.03. The summed E-state index contributed by atoms with van der Waals surface area (Å²) in [6, 6.07) is -5.35. The van der Waals surface area contributed by atoms with Gasteiger partial charge in [0.2, 0.25) is 0 Å². The first-order valence-corrected chi connectivity index (χ1v) is 5.34. The molecule has 2 rings (SSSR count). The maximum atomic E-state index is 8.96. The molecule has 0 N–H and O–H groups in total. The van der Waals surface area contributed by atoms with Gasteiger partial charge in [-0.3, -0.25) is 4.68 Å². The van der Waals surface area contributed by atoms with E-state index in [2.05, 4.69) is 5.10 Å². The predicted molar refractivity (Wildman–Crippen MR) is 76.0 cm³/mol. The zero-order chi connectivity index (χ0) is 25.0. The van der Waals surface area contributed by atoms with Crippen molar-refractivity contribution >= 4 is 0 Å². The molecular weight excluding hydrogens is 238 g/mol. The van der Waals surface area contributed by atoms with Gasteiger partial charge in [-0.15, -0.1) is 0 Å². The molecule has 0 spiro atoms. The summed E-state index contributed by atoms with van der Waals surface area (Å²) in [6.07, 6.45) is -4.03. The summed E-state index contributed by atoms with van der Waals surface area (Å²) < 4.78 is 110. The fourth-order valence-electron chi connectivity index (χ4n) is 1.20. The zero-order valence-electron chi connectivity index (χ0n) is 23.5. The van der Waals surface area contributed by atoms with Gasteiger partial charge in [-0.05, 0) is 25.7 Å². The van der Waals surface area contributed by atoms with E-state index >= 15 is 0 Å². The molecule has 0 aliphatic heterocycles. The molecule has 1 heterocycles. The third-order valence-electron chi connectivity index (χ3n) is 2.03. The van der Waals surface area contributed by atoms with Crippen LogP contribution in [0.1, 0.15) is 35.2 Å². The number of benzene rings is 1. The van der Waals surface area contributed by atoms with Gasteiger partial charge >= 0.3 is 0 Å².